The molecule has 0 bridgehead atoms. The van der Waals surface area contributed by atoms with Crippen LogP contribution in [0.3, 0.4) is 0 Å². The summed E-state index contributed by atoms with van der Waals surface area (Å²) in [5.41, 5.74) is 8.44. The van der Waals surface area contributed by atoms with E-state index >= 15 is 0 Å². The van der Waals surface area contributed by atoms with Crippen LogP contribution in [-0.4, -0.2) is 39.1 Å². The molecule has 0 radical (unpaired) electrons. The second kappa shape index (κ2) is 10.4. The summed E-state index contributed by atoms with van der Waals surface area (Å²) >= 11 is 0. The minimum atomic E-state index is -0.692. The molecule has 4 aromatic rings. The summed E-state index contributed by atoms with van der Waals surface area (Å²) in [5, 5.41) is 11.9. The van der Waals surface area contributed by atoms with E-state index in [4.69, 9.17) is 18.9 Å². The van der Waals surface area contributed by atoms with Gasteiger partial charge in [-0.25, -0.2) is 0 Å². The molecule has 4 aromatic carbocycles. The summed E-state index contributed by atoms with van der Waals surface area (Å²) in [5.74, 6) is 2.53. The smallest absolute Gasteiger partial charge is 0.135 e. The van der Waals surface area contributed by atoms with Crippen LogP contribution in [0.2, 0.25) is 0 Å². The fourth-order valence-electron chi connectivity index (χ4n) is 7.23. The van der Waals surface area contributed by atoms with Crippen molar-refractivity contribution in [1.29, 1.82) is 0 Å². The lowest BCUT2D eigenvalue weighted by Crippen LogP contribution is -2.31. The lowest BCUT2D eigenvalue weighted by Gasteiger charge is -2.37. The molecule has 0 saturated heterocycles. The SMILES string of the molecule is COc1ccc2c(c1)C(C)(C)c1c3c(c4cc(OC)ccc4c1-2)OCC=C3C1=CC=CC(OCCO)(c2ccccc2)C1. The number of rotatable bonds is 7. The van der Waals surface area contributed by atoms with Crippen molar-refractivity contribution in [3.63, 3.8) is 0 Å². The summed E-state index contributed by atoms with van der Waals surface area (Å²) < 4.78 is 24.4. The van der Waals surface area contributed by atoms with E-state index in [1.807, 2.05) is 30.3 Å². The van der Waals surface area contributed by atoms with Crippen molar-refractivity contribution < 1.29 is 24.1 Å². The number of fused-ring (bicyclic) bond motifs is 8. The van der Waals surface area contributed by atoms with Crippen LogP contribution in [0.15, 0.2) is 96.6 Å². The van der Waals surface area contributed by atoms with E-state index in [0.717, 1.165) is 44.7 Å². The van der Waals surface area contributed by atoms with E-state index in [-0.39, 0.29) is 18.6 Å². The molecule has 218 valence electrons. The Morgan fingerprint density at radius 2 is 1.65 bits per heavy atom. The number of aliphatic hydroxyl groups is 1. The molecule has 5 heteroatoms. The van der Waals surface area contributed by atoms with Crippen LogP contribution in [0.5, 0.6) is 17.2 Å². The molecule has 1 atom stereocenters. The summed E-state index contributed by atoms with van der Waals surface area (Å²) in [4.78, 5) is 0. The molecule has 0 aromatic heterocycles. The van der Waals surface area contributed by atoms with Crippen molar-refractivity contribution in [2.75, 3.05) is 34.0 Å². The highest BCUT2D eigenvalue weighted by Crippen LogP contribution is 2.59. The molecule has 0 amide bonds. The zero-order valence-electron chi connectivity index (χ0n) is 25.1. The van der Waals surface area contributed by atoms with Crippen molar-refractivity contribution in [2.45, 2.75) is 31.3 Å². The maximum Gasteiger partial charge on any atom is 0.135 e. The Morgan fingerprint density at radius 3 is 2.42 bits per heavy atom. The first-order valence-electron chi connectivity index (χ1n) is 14.8. The molecule has 3 aliphatic rings. The summed E-state index contributed by atoms with van der Waals surface area (Å²) in [6.45, 7) is 5.26. The fourth-order valence-corrected chi connectivity index (χ4v) is 7.23. The first kappa shape index (κ1) is 27.5. The maximum atomic E-state index is 9.72. The number of hydrogen-bond acceptors (Lipinski definition) is 5. The zero-order chi connectivity index (χ0) is 29.8. The normalized spacial score (nSPS) is 19.6. The van der Waals surface area contributed by atoms with Gasteiger partial charge in [0.25, 0.3) is 0 Å². The van der Waals surface area contributed by atoms with Gasteiger partial charge in [0.05, 0.1) is 27.4 Å². The molecule has 43 heavy (non-hydrogen) atoms. The highest BCUT2D eigenvalue weighted by atomic mass is 16.5. The molecular formula is C38H36O5. The molecular weight excluding hydrogens is 536 g/mol. The number of aliphatic hydroxyl groups excluding tert-OH is 1. The van der Waals surface area contributed by atoms with Crippen molar-refractivity contribution >= 4 is 16.3 Å². The summed E-state index contributed by atoms with van der Waals surface area (Å²) in [6, 6.07) is 23.0. The Kier molecular flexibility index (Phi) is 6.68. The predicted molar refractivity (Wildman–Crippen MR) is 171 cm³/mol. The minimum Gasteiger partial charge on any atom is -0.497 e. The van der Waals surface area contributed by atoms with Gasteiger partial charge in [0.2, 0.25) is 0 Å². The van der Waals surface area contributed by atoms with E-state index in [9.17, 15) is 5.11 Å². The molecule has 1 aliphatic heterocycles. The largest absolute Gasteiger partial charge is 0.497 e. The van der Waals surface area contributed by atoms with Crippen LogP contribution in [-0.2, 0) is 15.8 Å². The van der Waals surface area contributed by atoms with Crippen molar-refractivity contribution in [3.8, 4) is 28.4 Å². The Morgan fingerprint density at radius 1 is 0.884 bits per heavy atom. The number of hydrogen-bond donors (Lipinski definition) is 1. The second-order valence-electron chi connectivity index (χ2n) is 11.9. The molecule has 0 fully saturated rings. The van der Waals surface area contributed by atoms with Gasteiger partial charge in [-0.3, -0.25) is 0 Å². The van der Waals surface area contributed by atoms with Crippen LogP contribution in [0.4, 0.5) is 0 Å². The molecule has 0 spiro atoms. The van der Waals surface area contributed by atoms with Crippen LogP contribution < -0.4 is 14.2 Å². The average Bonchev–Trinajstić information content (AvgIpc) is 3.29. The molecule has 1 heterocycles. The van der Waals surface area contributed by atoms with Gasteiger partial charge in [0.1, 0.15) is 29.5 Å². The fraction of sp³-hybridized carbons (Fsp3) is 0.263. The van der Waals surface area contributed by atoms with E-state index in [1.165, 1.54) is 27.8 Å². The van der Waals surface area contributed by atoms with Crippen LogP contribution in [0.1, 0.15) is 42.5 Å². The van der Waals surface area contributed by atoms with Gasteiger partial charge in [-0.1, -0.05) is 62.4 Å². The third-order valence-corrected chi connectivity index (χ3v) is 9.22. The minimum absolute atomic E-state index is 0.0436. The van der Waals surface area contributed by atoms with Crippen molar-refractivity contribution in [2.24, 2.45) is 0 Å². The van der Waals surface area contributed by atoms with E-state index in [2.05, 4.69) is 74.5 Å². The molecule has 5 nitrogen and oxygen atoms in total. The highest BCUT2D eigenvalue weighted by Gasteiger charge is 2.43. The van der Waals surface area contributed by atoms with E-state index < -0.39 is 5.60 Å². The van der Waals surface area contributed by atoms with E-state index in [1.54, 1.807) is 14.2 Å². The second-order valence-corrected chi connectivity index (χ2v) is 11.9. The molecule has 2 aliphatic carbocycles. The highest BCUT2D eigenvalue weighted by molar-refractivity contribution is 6.11. The lowest BCUT2D eigenvalue weighted by molar-refractivity contribution is -0.0286. The van der Waals surface area contributed by atoms with Crippen LogP contribution in [0, 0.1) is 0 Å². The number of ether oxygens (including phenoxy) is 4. The maximum absolute atomic E-state index is 9.72. The van der Waals surface area contributed by atoms with Gasteiger partial charge in [-0.2, -0.15) is 0 Å². The Bertz CT molecular complexity index is 1830. The van der Waals surface area contributed by atoms with Gasteiger partial charge >= 0.3 is 0 Å². The number of allylic oxidation sites excluding steroid dienone is 3. The standard InChI is InChI=1S/C38H36O5/c1-37(2)32-22-27(41-4)13-15-30(32)33-29-14-12-26(40-3)21-31(29)36-34(35(33)37)28(16-19-42-36)24-9-8-17-38(23-24,43-20-18-39)25-10-6-5-7-11-25/h5-17,21-22,39H,18-20,23H2,1-4H3. The van der Waals surface area contributed by atoms with Crippen LogP contribution >= 0.6 is 0 Å². The topological polar surface area (TPSA) is 57.2 Å². The van der Waals surface area contributed by atoms with E-state index in [0.29, 0.717) is 13.0 Å². The predicted octanol–water partition coefficient (Wildman–Crippen LogP) is 7.73. The van der Waals surface area contributed by atoms with Crippen molar-refractivity contribution in [3.05, 3.63) is 119 Å². The number of benzene rings is 4. The quantitative estimate of drug-likeness (QED) is 0.246. The number of methoxy groups -OCH3 is 2. The van der Waals surface area contributed by atoms with Crippen LogP contribution in [0.25, 0.3) is 27.5 Å². The summed E-state index contributed by atoms with van der Waals surface area (Å²) in [7, 11) is 3.42. The lowest BCUT2D eigenvalue weighted by atomic mass is 9.73. The van der Waals surface area contributed by atoms with Gasteiger partial charge in [0, 0.05) is 22.8 Å². The van der Waals surface area contributed by atoms with Gasteiger partial charge in [0.15, 0.2) is 0 Å². The monoisotopic (exact) mass is 572 g/mol. The Hall–Kier alpha value is -4.32. The Balaban J connectivity index is 1.47. The van der Waals surface area contributed by atoms with Gasteiger partial charge < -0.3 is 24.1 Å². The third-order valence-electron chi connectivity index (χ3n) is 9.22. The van der Waals surface area contributed by atoms with Crippen molar-refractivity contribution in [1.82, 2.24) is 0 Å². The van der Waals surface area contributed by atoms with Gasteiger partial charge in [-0.05, 0) is 86.8 Å². The third kappa shape index (κ3) is 4.21. The summed E-state index contributed by atoms with van der Waals surface area (Å²) in [6.07, 6.45) is 9.25. The molecule has 1 N–H and O–H groups in total. The first-order valence-corrected chi connectivity index (χ1v) is 14.8. The molecule has 7 rings (SSSR count). The zero-order valence-corrected chi connectivity index (χ0v) is 25.1. The first-order chi connectivity index (χ1) is 20.9. The molecule has 0 saturated carbocycles. The Labute approximate surface area is 252 Å². The van der Waals surface area contributed by atoms with Gasteiger partial charge in [-0.15, -0.1) is 0 Å². The average molecular weight is 573 g/mol. The molecule has 1 unspecified atom stereocenters.